The topological polar surface area (TPSA) is 91.0 Å². The van der Waals surface area contributed by atoms with Crippen LogP contribution in [-0.2, 0) is 6.61 Å². The van der Waals surface area contributed by atoms with Gasteiger partial charge in [-0.05, 0) is 59.7 Å². The number of hydrogen-bond donors (Lipinski definition) is 2. The van der Waals surface area contributed by atoms with Crippen LogP contribution in [0.15, 0.2) is 89.3 Å². The first kappa shape index (κ1) is 22.2. The van der Waals surface area contributed by atoms with Gasteiger partial charge >= 0.3 is 0 Å². The Bertz CT molecular complexity index is 1150. The molecule has 4 aromatic rings. The summed E-state index contributed by atoms with van der Waals surface area (Å²) >= 11 is 1.40. The molecule has 0 amide bonds. The average Bonchev–Trinajstić information content (AvgIpc) is 3.27. The molecule has 1 heterocycles. The molecule has 0 spiro atoms. The van der Waals surface area contributed by atoms with Crippen LogP contribution in [0, 0.1) is 0 Å². The van der Waals surface area contributed by atoms with Crippen molar-refractivity contribution < 1.29 is 14.2 Å². The maximum absolute atomic E-state index is 5.79. The van der Waals surface area contributed by atoms with Gasteiger partial charge in [-0.1, -0.05) is 30.3 Å². The highest BCUT2D eigenvalue weighted by atomic mass is 32.1. The highest BCUT2D eigenvalue weighted by molar-refractivity contribution is 7.14. The number of anilines is 2. The van der Waals surface area contributed by atoms with Crippen molar-refractivity contribution in [1.82, 2.24) is 4.98 Å². The number of rotatable bonds is 11. The third kappa shape index (κ3) is 7.26. The highest BCUT2D eigenvalue weighted by Gasteiger charge is 2.00. The van der Waals surface area contributed by atoms with E-state index in [1.807, 2.05) is 78.9 Å². The van der Waals surface area contributed by atoms with E-state index >= 15 is 0 Å². The molecule has 3 aromatic carbocycles. The number of ether oxygens (including phenoxy) is 3. The summed E-state index contributed by atoms with van der Waals surface area (Å²) in [6, 6.07) is 25.3. The highest BCUT2D eigenvalue weighted by Crippen LogP contribution is 2.19. The van der Waals surface area contributed by atoms with Gasteiger partial charge in [-0.2, -0.15) is 5.10 Å². The summed E-state index contributed by atoms with van der Waals surface area (Å²) in [6.07, 6.45) is 1.71. The number of nitrogens with one attached hydrogen (secondary N) is 1. The van der Waals surface area contributed by atoms with Crippen molar-refractivity contribution in [3.8, 4) is 17.2 Å². The van der Waals surface area contributed by atoms with Gasteiger partial charge in [0.25, 0.3) is 0 Å². The number of nitrogen functional groups attached to an aromatic ring is 1. The predicted molar refractivity (Wildman–Crippen MR) is 132 cm³/mol. The van der Waals surface area contributed by atoms with Gasteiger partial charge in [-0.25, -0.2) is 4.98 Å². The number of nitrogens with zero attached hydrogens (tertiary/aromatic N) is 2. The molecule has 7 nitrogen and oxygen atoms in total. The van der Waals surface area contributed by atoms with Gasteiger partial charge in [-0.3, -0.25) is 5.43 Å². The molecule has 0 saturated heterocycles. The molecular weight excluding hydrogens is 436 g/mol. The van der Waals surface area contributed by atoms with E-state index in [2.05, 4.69) is 15.5 Å². The summed E-state index contributed by atoms with van der Waals surface area (Å²) in [5, 5.41) is 6.55. The maximum Gasteiger partial charge on any atom is 0.205 e. The van der Waals surface area contributed by atoms with Crippen molar-refractivity contribution in [1.29, 1.82) is 0 Å². The van der Waals surface area contributed by atoms with Crippen LogP contribution in [0.4, 0.5) is 10.9 Å². The fraction of sp³-hybridized carbons (Fsp3) is 0.120. The van der Waals surface area contributed by atoms with Gasteiger partial charge in [0, 0.05) is 5.38 Å². The average molecular weight is 461 g/mol. The molecule has 0 aliphatic carbocycles. The van der Waals surface area contributed by atoms with Crippen molar-refractivity contribution in [2.24, 2.45) is 5.10 Å². The summed E-state index contributed by atoms with van der Waals surface area (Å²) in [4.78, 5) is 4.08. The Labute approximate surface area is 196 Å². The third-order valence-electron chi connectivity index (χ3n) is 4.47. The fourth-order valence-electron chi connectivity index (χ4n) is 2.84. The van der Waals surface area contributed by atoms with E-state index in [-0.39, 0.29) is 0 Å². The lowest BCUT2D eigenvalue weighted by molar-refractivity contribution is 0.217. The van der Waals surface area contributed by atoms with Crippen LogP contribution in [0.5, 0.6) is 17.2 Å². The lowest BCUT2D eigenvalue weighted by Crippen LogP contribution is -2.09. The third-order valence-corrected chi connectivity index (χ3v) is 5.23. The molecule has 0 unspecified atom stereocenters. The lowest BCUT2D eigenvalue weighted by Gasteiger charge is -2.10. The molecule has 168 valence electrons. The number of thiazole rings is 1. The molecule has 4 rings (SSSR count). The van der Waals surface area contributed by atoms with Crippen LogP contribution in [0.25, 0.3) is 0 Å². The van der Waals surface area contributed by atoms with E-state index in [1.165, 1.54) is 11.3 Å². The molecule has 0 bridgehead atoms. The number of hydrazone groups is 1. The Morgan fingerprint density at radius 2 is 1.42 bits per heavy atom. The first-order valence-corrected chi connectivity index (χ1v) is 11.2. The standard InChI is InChI=1S/C25H24N4O3S/c26-24-18-33-25(28-24)29-27-16-19-6-8-21(9-7-19)30-14-15-31-22-10-12-23(13-11-22)32-17-20-4-2-1-3-5-20/h1-13,16,18H,14-15,17,26H2,(H,28,29). The van der Waals surface area contributed by atoms with Crippen molar-refractivity contribution in [3.05, 3.63) is 95.4 Å². The molecule has 33 heavy (non-hydrogen) atoms. The van der Waals surface area contributed by atoms with Gasteiger partial charge in [0.15, 0.2) is 0 Å². The van der Waals surface area contributed by atoms with Crippen LogP contribution in [0.3, 0.4) is 0 Å². The van der Waals surface area contributed by atoms with Crippen LogP contribution in [0.2, 0.25) is 0 Å². The quantitative estimate of drug-likeness (QED) is 0.181. The minimum absolute atomic E-state index is 0.437. The van der Waals surface area contributed by atoms with E-state index in [4.69, 9.17) is 19.9 Å². The predicted octanol–water partition coefficient (Wildman–Crippen LogP) is 5.21. The lowest BCUT2D eigenvalue weighted by atomic mass is 10.2. The molecule has 0 aliphatic rings. The van der Waals surface area contributed by atoms with E-state index in [0.717, 1.165) is 28.4 Å². The normalized spacial score (nSPS) is 10.8. The Kier molecular flexibility index (Phi) is 7.75. The fourth-order valence-corrected chi connectivity index (χ4v) is 3.39. The summed E-state index contributed by atoms with van der Waals surface area (Å²) in [5.74, 6) is 2.82. The first-order chi connectivity index (χ1) is 16.2. The summed E-state index contributed by atoms with van der Waals surface area (Å²) in [5.41, 5.74) is 10.5. The zero-order valence-electron chi connectivity index (χ0n) is 17.9. The van der Waals surface area contributed by atoms with Crippen molar-refractivity contribution >= 4 is 28.5 Å². The molecule has 0 aliphatic heterocycles. The van der Waals surface area contributed by atoms with E-state index in [1.54, 1.807) is 11.6 Å². The van der Waals surface area contributed by atoms with Crippen molar-refractivity contribution in [2.45, 2.75) is 6.61 Å². The second-order valence-electron chi connectivity index (χ2n) is 6.96. The molecule has 0 atom stereocenters. The number of aromatic nitrogens is 1. The maximum atomic E-state index is 5.79. The van der Waals surface area contributed by atoms with E-state index < -0.39 is 0 Å². The summed E-state index contributed by atoms with van der Waals surface area (Å²) in [6.45, 7) is 1.41. The first-order valence-electron chi connectivity index (χ1n) is 10.4. The molecule has 0 fully saturated rings. The van der Waals surface area contributed by atoms with Crippen LogP contribution in [-0.4, -0.2) is 24.4 Å². The molecule has 0 saturated carbocycles. The zero-order chi connectivity index (χ0) is 22.7. The van der Waals surface area contributed by atoms with Crippen molar-refractivity contribution in [2.75, 3.05) is 24.4 Å². The van der Waals surface area contributed by atoms with Crippen LogP contribution < -0.4 is 25.4 Å². The molecule has 8 heteroatoms. The van der Waals surface area contributed by atoms with Crippen LogP contribution >= 0.6 is 11.3 Å². The Balaban J connectivity index is 1.14. The molecular formula is C25H24N4O3S. The van der Waals surface area contributed by atoms with Crippen LogP contribution in [0.1, 0.15) is 11.1 Å². The molecule has 3 N–H and O–H groups in total. The SMILES string of the molecule is Nc1csc(NN=Cc2ccc(OCCOc3ccc(OCc4ccccc4)cc3)cc2)n1. The smallest absolute Gasteiger partial charge is 0.205 e. The Hall–Kier alpha value is -4.04. The minimum atomic E-state index is 0.437. The van der Waals surface area contributed by atoms with Gasteiger partial charge in [-0.15, -0.1) is 11.3 Å². The minimum Gasteiger partial charge on any atom is -0.490 e. The number of nitrogens with two attached hydrogens (primary N) is 1. The monoisotopic (exact) mass is 460 g/mol. The largest absolute Gasteiger partial charge is 0.490 e. The summed E-state index contributed by atoms with van der Waals surface area (Å²) in [7, 11) is 0. The van der Waals surface area contributed by atoms with Gasteiger partial charge in [0.05, 0.1) is 6.21 Å². The molecule has 0 radical (unpaired) electrons. The Morgan fingerprint density at radius 3 is 2.03 bits per heavy atom. The summed E-state index contributed by atoms with van der Waals surface area (Å²) < 4.78 is 17.3. The van der Waals surface area contributed by atoms with Crippen molar-refractivity contribution in [3.63, 3.8) is 0 Å². The van der Waals surface area contributed by atoms with Gasteiger partial charge in [0.1, 0.15) is 42.9 Å². The van der Waals surface area contributed by atoms with E-state index in [9.17, 15) is 0 Å². The van der Waals surface area contributed by atoms with E-state index in [0.29, 0.717) is 30.8 Å². The van der Waals surface area contributed by atoms with Gasteiger partial charge < -0.3 is 19.9 Å². The second-order valence-corrected chi connectivity index (χ2v) is 7.82. The molecule has 1 aromatic heterocycles. The number of benzene rings is 3. The Morgan fingerprint density at radius 1 is 0.818 bits per heavy atom. The zero-order valence-corrected chi connectivity index (χ0v) is 18.7. The second kappa shape index (κ2) is 11.5. The number of hydrogen-bond acceptors (Lipinski definition) is 8. The van der Waals surface area contributed by atoms with Gasteiger partial charge in [0.2, 0.25) is 5.13 Å².